The van der Waals surface area contributed by atoms with Crippen molar-refractivity contribution in [2.24, 2.45) is 5.92 Å². The van der Waals surface area contributed by atoms with Gasteiger partial charge in [0.15, 0.2) is 0 Å². The molecule has 1 fully saturated rings. The fourth-order valence-corrected chi connectivity index (χ4v) is 3.01. The van der Waals surface area contributed by atoms with E-state index in [0.717, 1.165) is 25.7 Å². The van der Waals surface area contributed by atoms with Gasteiger partial charge in [-0.1, -0.05) is 6.07 Å². The molecule has 0 spiro atoms. The van der Waals surface area contributed by atoms with Crippen LogP contribution in [-0.2, 0) is 9.53 Å². The Bertz CT molecular complexity index is 445. The number of hydrogen-bond acceptors (Lipinski definition) is 2. The highest BCUT2D eigenvalue weighted by Crippen LogP contribution is 2.39. The maximum Gasteiger partial charge on any atom is 0.306 e. The molecule has 0 saturated heterocycles. The Kier molecular flexibility index (Phi) is 5.10. The maximum absolute atomic E-state index is 13.7. The van der Waals surface area contributed by atoms with Crippen LogP contribution in [0.2, 0.25) is 0 Å². The predicted octanol–water partition coefficient (Wildman–Crippen LogP) is 4.19. The van der Waals surface area contributed by atoms with Gasteiger partial charge in [0.05, 0.1) is 6.61 Å². The summed E-state index contributed by atoms with van der Waals surface area (Å²) in [6, 6.07) is 4.01. The second-order valence-electron chi connectivity index (χ2n) is 5.36. The van der Waals surface area contributed by atoms with Crippen molar-refractivity contribution in [1.29, 1.82) is 0 Å². The average Bonchev–Trinajstić information content (AvgIpc) is 2.40. The first-order chi connectivity index (χ1) is 9.61. The minimum atomic E-state index is -0.459. The van der Waals surface area contributed by atoms with Crippen LogP contribution in [-0.4, -0.2) is 12.6 Å². The van der Waals surface area contributed by atoms with Gasteiger partial charge in [-0.2, -0.15) is 0 Å². The van der Waals surface area contributed by atoms with Gasteiger partial charge < -0.3 is 4.74 Å². The molecule has 110 valence electrons. The van der Waals surface area contributed by atoms with E-state index < -0.39 is 11.6 Å². The molecule has 20 heavy (non-hydrogen) atoms. The van der Waals surface area contributed by atoms with Gasteiger partial charge in [0.1, 0.15) is 11.6 Å². The third-order valence-corrected chi connectivity index (χ3v) is 4.02. The highest BCUT2D eigenvalue weighted by Gasteiger charge is 2.27. The Hall–Kier alpha value is -1.45. The van der Waals surface area contributed by atoms with Gasteiger partial charge in [-0.05, 0) is 56.6 Å². The topological polar surface area (TPSA) is 26.3 Å². The minimum absolute atomic E-state index is 0.0744. The van der Waals surface area contributed by atoms with Crippen molar-refractivity contribution in [3.8, 4) is 0 Å². The van der Waals surface area contributed by atoms with E-state index in [0.29, 0.717) is 13.0 Å². The summed E-state index contributed by atoms with van der Waals surface area (Å²) in [5, 5.41) is 0. The number of carbonyl (C=O) groups excluding carboxylic acids is 1. The Morgan fingerprint density at radius 2 is 1.80 bits per heavy atom. The van der Waals surface area contributed by atoms with E-state index in [1.54, 1.807) is 6.92 Å². The van der Waals surface area contributed by atoms with E-state index in [1.807, 2.05) is 0 Å². The molecule has 1 saturated carbocycles. The standard InChI is InChI=1S/C16H20F2O2/c1-2-20-15(19)10-11-6-8-12(9-7-11)16-13(17)4-3-5-14(16)18/h3-5,11-12H,2,6-10H2,1H3. The summed E-state index contributed by atoms with van der Waals surface area (Å²) in [5.74, 6) is -0.888. The molecule has 2 nitrogen and oxygen atoms in total. The summed E-state index contributed by atoms with van der Waals surface area (Å²) >= 11 is 0. The van der Waals surface area contributed by atoms with Crippen molar-refractivity contribution < 1.29 is 18.3 Å². The number of esters is 1. The summed E-state index contributed by atoms with van der Waals surface area (Å²) < 4.78 is 32.4. The predicted molar refractivity (Wildman–Crippen MR) is 72.3 cm³/mol. The molecule has 0 atom stereocenters. The minimum Gasteiger partial charge on any atom is -0.466 e. The Morgan fingerprint density at radius 3 is 2.35 bits per heavy atom. The SMILES string of the molecule is CCOC(=O)CC1CCC(c2c(F)cccc2F)CC1. The number of benzene rings is 1. The zero-order chi connectivity index (χ0) is 14.5. The first-order valence-corrected chi connectivity index (χ1v) is 7.21. The molecule has 2 rings (SSSR count). The summed E-state index contributed by atoms with van der Waals surface area (Å²) in [4.78, 5) is 11.4. The highest BCUT2D eigenvalue weighted by molar-refractivity contribution is 5.69. The molecule has 1 aliphatic carbocycles. The number of ether oxygens (including phenoxy) is 1. The van der Waals surface area contributed by atoms with Gasteiger partial charge in [-0.15, -0.1) is 0 Å². The molecule has 1 aromatic rings. The first-order valence-electron chi connectivity index (χ1n) is 7.21. The third kappa shape index (κ3) is 3.56. The summed E-state index contributed by atoms with van der Waals surface area (Å²) in [7, 11) is 0. The van der Waals surface area contributed by atoms with Gasteiger partial charge in [-0.3, -0.25) is 4.79 Å². The molecule has 0 amide bonds. The molecule has 0 unspecified atom stereocenters. The smallest absolute Gasteiger partial charge is 0.306 e. The van der Waals surface area contributed by atoms with Crippen LogP contribution >= 0.6 is 0 Å². The normalized spacial score (nSPS) is 22.6. The van der Waals surface area contributed by atoms with E-state index in [2.05, 4.69) is 0 Å². The zero-order valence-electron chi connectivity index (χ0n) is 11.7. The Morgan fingerprint density at radius 1 is 1.20 bits per heavy atom. The molecule has 0 radical (unpaired) electrons. The molecular formula is C16H20F2O2. The van der Waals surface area contributed by atoms with Gasteiger partial charge >= 0.3 is 5.97 Å². The number of hydrogen-bond donors (Lipinski definition) is 0. The van der Waals surface area contributed by atoms with E-state index >= 15 is 0 Å². The van der Waals surface area contributed by atoms with Crippen molar-refractivity contribution in [3.05, 3.63) is 35.4 Å². The molecule has 0 aliphatic heterocycles. The molecule has 0 N–H and O–H groups in total. The van der Waals surface area contributed by atoms with E-state index in [-0.39, 0.29) is 23.4 Å². The van der Waals surface area contributed by atoms with Gasteiger partial charge in [0.25, 0.3) is 0 Å². The fourth-order valence-electron chi connectivity index (χ4n) is 3.01. The third-order valence-electron chi connectivity index (χ3n) is 4.02. The number of rotatable bonds is 4. The van der Waals surface area contributed by atoms with Crippen molar-refractivity contribution in [3.63, 3.8) is 0 Å². The lowest BCUT2D eigenvalue weighted by Gasteiger charge is -2.28. The van der Waals surface area contributed by atoms with Crippen LogP contribution in [0.5, 0.6) is 0 Å². The maximum atomic E-state index is 13.7. The van der Waals surface area contributed by atoms with E-state index in [4.69, 9.17) is 4.74 Å². The fraction of sp³-hybridized carbons (Fsp3) is 0.562. The van der Waals surface area contributed by atoms with E-state index in [1.165, 1.54) is 18.2 Å². The summed E-state index contributed by atoms with van der Waals surface area (Å²) in [5.41, 5.74) is 0.210. The number of halogens is 2. The van der Waals surface area contributed by atoms with Crippen molar-refractivity contribution in [2.75, 3.05) is 6.61 Å². The highest BCUT2D eigenvalue weighted by atomic mass is 19.1. The number of carbonyl (C=O) groups is 1. The van der Waals surface area contributed by atoms with Crippen molar-refractivity contribution in [1.82, 2.24) is 0 Å². The lowest BCUT2D eigenvalue weighted by Crippen LogP contribution is -2.19. The van der Waals surface area contributed by atoms with Crippen LogP contribution in [0.25, 0.3) is 0 Å². The lowest BCUT2D eigenvalue weighted by atomic mass is 9.77. The van der Waals surface area contributed by atoms with Crippen LogP contribution in [0.3, 0.4) is 0 Å². The molecule has 0 bridgehead atoms. The van der Waals surface area contributed by atoms with Gasteiger partial charge in [-0.25, -0.2) is 8.78 Å². The average molecular weight is 282 g/mol. The van der Waals surface area contributed by atoms with E-state index in [9.17, 15) is 13.6 Å². The molecule has 4 heteroatoms. The van der Waals surface area contributed by atoms with Crippen LogP contribution in [0.15, 0.2) is 18.2 Å². The molecule has 1 aliphatic rings. The first kappa shape index (κ1) is 14.9. The second-order valence-corrected chi connectivity index (χ2v) is 5.36. The summed E-state index contributed by atoms with van der Waals surface area (Å²) in [6.45, 7) is 2.18. The van der Waals surface area contributed by atoms with Crippen LogP contribution < -0.4 is 0 Å². The largest absolute Gasteiger partial charge is 0.466 e. The molecule has 0 aromatic heterocycles. The van der Waals surface area contributed by atoms with Crippen LogP contribution in [0.4, 0.5) is 8.78 Å². The Balaban J connectivity index is 1.93. The lowest BCUT2D eigenvalue weighted by molar-refractivity contribution is -0.144. The van der Waals surface area contributed by atoms with Crippen molar-refractivity contribution in [2.45, 2.75) is 44.9 Å². The molecule has 1 aromatic carbocycles. The molecule has 0 heterocycles. The Labute approximate surface area is 118 Å². The summed E-state index contributed by atoms with van der Waals surface area (Å²) in [6.07, 6.45) is 3.50. The second kappa shape index (κ2) is 6.82. The van der Waals surface area contributed by atoms with Gasteiger partial charge in [0, 0.05) is 12.0 Å². The van der Waals surface area contributed by atoms with Crippen LogP contribution in [0, 0.1) is 17.6 Å². The monoisotopic (exact) mass is 282 g/mol. The zero-order valence-corrected chi connectivity index (χ0v) is 11.7. The van der Waals surface area contributed by atoms with Crippen molar-refractivity contribution >= 4 is 5.97 Å². The quantitative estimate of drug-likeness (QED) is 0.774. The molecular weight excluding hydrogens is 262 g/mol. The van der Waals surface area contributed by atoms with Crippen LogP contribution in [0.1, 0.15) is 50.5 Å². The van der Waals surface area contributed by atoms with Gasteiger partial charge in [0.2, 0.25) is 0 Å².